The summed E-state index contributed by atoms with van der Waals surface area (Å²) in [5, 5.41) is 1.77. The first kappa shape index (κ1) is 19.0. The average molecular weight is 408 g/mol. The Morgan fingerprint density at radius 2 is 1.82 bits per heavy atom. The van der Waals surface area contributed by atoms with Gasteiger partial charge in [0, 0.05) is 17.0 Å². The Morgan fingerprint density at radius 1 is 1.04 bits per heavy atom. The third-order valence-electron chi connectivity index (χ3n) is 4.93. The molecule has 5 heteroatoms. The molecule has 0 amide bonds. The summed E-state index contributed by atoms with van der Waals surface area (Å²) >= 11 is 7.87. The van der Waals surface area contributed by atoms with Crippen LogP contribution in [0.5, 0.6) is 0 Å². The third kappa shape index (κ3) is 3.94. The van der Waals surface area contributed by atoms with Crippen LogP contribution in [0.1, 0.15) is 27.8 Å². The number of nitrogens with zero attached hydrogens (tertiary/aromatic N) is 3. The highest BCUT2D eigenvalue weighted by Gasteiger charge is 2.14. The van der Waals surface area contributed by atoms with Crippen molar-refractivity contribution in [3.05, 3.63) is 87.7 Å². The molecule has 0 bridgehead atoms. The van der Waals surface area contributed by atoms with Crippen LogP contribution in [0.15, 0.2) is 60.0 Å². The highest BCUT2D eigenvalue weighted by atomic mass is 35.5. The summed E-state index contributed by atoms with van der Waals surface area (Å²) in [6, 6.07) is 14.5. The predicted octanol–water partition coefficient (Wildman–Crippen LogP) is 6.35. The number of hydrogen-bond acceptors (Lipinski definition) is 3. The quantitative estimate of drug-likeness (QED) is 0.361. The Morgan fingerprint density at radius 3 is 2.57 bits per heavy atom. The predicted molar refractivity (Wildman–Crippen MR) is 118 cm³/mol. The molecule has 2 aromatic heterocycles. The molecule has 142 valence electrons. The second-order valence-electron chi connectivity index (χ2n) is 7.14. The fourth-order valence-corrected chi connectivity index (χ4v) is 4.77. The summed E-state index contributed by atoms with van der Waals surface area (Å²) < 4.78 is 2.28. The van der Waals surface area contributed by atoms with E-state index in [0.29, 0.717) is 0 Å². The zero-order valence-corrected chi connectivity index (χ0v) is 17.8. The van der Waals surface area contributed by atoms with Crippen molar-refractivity contribution >= 4 is 34.4 Å². The number of rotatable bonds is 5. The fourth-order valence-electron chi connectivity index (χ4n) is 3.60. The van der Waals surface area contributed by atoms with Crippen LogP contribution in [0, 0.1) is 20.8 Å². The minimum Gasteiger partial charge on any atom is -0.313 e. The van der Waals surface area contributed by atoms with Crippen molar-refractivity contribution in [2.45, 2.75) is 38.2 Å². The molecule has 0 aliphatic carbocycles. The summed E-state index contributed by atoms with van der Waals surface area (Å²) in [6.07, 6.45) is 3.71. The molecule has 0 N–H and O–H groups in total. The topological polar surface area (TPSA) is 30.7 Å². The Hall–Kier alpha value is -2.30. The molecule has 0 radical (unpaired) electrons. The number of aryl methyl sites for hydroxylation is 3. The lowest BCUT2D eigenvalue weighted by molar-refractivity contribution is 0.723. The lowest BCUT2D eigenvalue weighted by Crippen LogP contribution is -2.06. The van der Waals surface area contributed by atoms with Crippen molar-refractivity contribution in [1.82, 2.24) is 14.5 Å². The maximum atomic E-state index is 6.14. The van der Waals surface area contributed by atoms with E-state index in [1.807, 2.05) is 30.5 Å². The fraction of sp³-hybridized carbons (Fsp3) is 0.217. The molecule has 0 spiro atoms. The molecule has 0 aliphatic heterocycles. The maximum absolute atomic E-state index is 6.14. The van der Waals surface area contributed by atoms with Crippen molar-refractivity contribution in [2.75, 3.05) is 0 Å². The third-order valence-corrected chi connectivity index (χ3v) is 6.21. The molecule has 0 atom stereocenters. The van der Waals surface area contributed by atoms with Gasteiger partial charge < -0.3 is 4.57 Å². The molecule has 0 aliphatic rings. The van der Waals surface area contributed by atoms with E-state index in [9.17, 15) is 0 Å². The van der Waals surface area contributed by atoms with Gasteiger partial charge >= 0.3 is 0 Å². The lowest BCUT2D eigenvalue weighted by atomic mass is 10.00. The summed E-state index contributed by atoms with van der Waals surface area (Å²) in [4.78, 5) is 9.21. The van der Waals surface area contributed by atoms with E-state index in [1.165, 1.54) is 27.8 Å². The van der Waals surface area contributed by atoms with Crippen molar-refractivity contribution in [3.63, 3.8) is 0 Å². The zero-order valence-electron chi connectivity index (χ0n) is 16.2. The first-order chi connectivity index (χ1) is 13.5. The summed E-state index contributed by atoms with van der Waals surface area (Å²) in [7, 11) is 0. The molecule has 0 fully saturated rings. The highest BCUT2D eigenvalue weighted by molar-refractivity contribution is 7.98. The van der Waals surface area contributed by atoms with E-state index in [4.69, 9.17) is 16.6 Å². The van der Waals surface area contributed by atoms with Crippen LogP contribution in [0.3, 0.4) is 0 Å². The van der Waals surface area contributed by atoms with Gasteiger partial charge in [-0.25, -0.2) is 4.98 Å². The second kappa shape index (κ2) is 7.98. The molecule has 28 heavy (non-hydrogen) atoms. The number of benzene rings is 2. The smallest absolute Gasteiger partial charge is 0.169 e. The monoisotopic (exact) mass is 407 g/mol. The van der Waals surface area contributed by atoms with Gasteiger partial charge in [0.2, 0.25) is 0 Å². The standard InChI is InChI=1S/C23H22ClN3S/c1-15-9-16(2)20(17(3)10-15)13-27-22-12-25-8-7-21(22)26-23(27)28-14-18-5-4-6-19(24)11-18/h4-12H,13-14H2,1-3H3. The molecule has 0 saturated carbocycles. The van der Waals surface area contributed by atoms with Crippen LogP contribution in [0.25, 0.3) is 11.0 Å². The van der Waals surface area contributed by atoms with E-state index in [-0.39, 0.29) is 0 Å². The summed E-state index contributed by atoms with van der Waals surface area (Å²) in [6.45, 7) is 7.31. The maximum Gasteiger partial charge on any atom is 0.169 e. The van der Waals surface area contributed by atoms with E-state index < -0.39 is 0 Å². The van der Waals surface area contributed by atoms with Crippen LogP contribution in [0.2, 0.25) is 5.02 Å². The van der Waals surface area contributed by atoms with E-state index in [2.05, 4.69) is 48.5 Å². The number of aromatic nitrogens is 3. The van der Waals surface area contributed by atoms with Gasteiger partial charge in [-0.3, -0.25) is 4.98 Å². The minimum absolute atomic E-state index is 0.765. The summed E-state index contributed by atoms with van der Waals surface area (Å²) in [5.41, 5.74) is 8.51. The SMILES string of the molecule is Cc1cc(C)c(Cn2c(SCc3cccc(Cl)c3)nc3ccncc32)c(C)c1. The molecule has 0 unspecified atom stereocenters. The van der Waals surface area contributed by atoms with Gasteiger partial charge in [-0.05, 0) is 61.2 Å². The molecule has 0 saturated heterocycles. The normalized spacial score (nSPS) is 11.3. The average Bonchev–Trinajstić information content (AvgIpc) is 3.00. The van der Waals surface area contributed by atoms with E-state index in [1.54, 1.807) is 18.0 Å². The van der Waals surface area contributed by atoms with Crippen molar-refractivity contribution in [1.29, 1.82) is 0 Å². The number of hydrogen-bond donors (Lipinski definition) is 0. The van der Waals surface area contributed by atoms with Gasteiger partial charge in [0.15, 0.2) is 5.16 Å². The Kier molecular flexibility index (Phi) is 5.42. The first-order valence-corrected chi connectivity index (χ1v) is 10.6. The number of halogens is 1. The Balaban J connectivity index is 1.71. The number of thioether (sulfide) groups is 1. The molecular weight excluding hydrogens is 386 g/mol. The lowest BCUT2D eigenvalue weighted by Gasteiger charge is -2.15. The highest BCUT2D eigenvalue weighted by Crippen LogP contribution is 2.29. The van der Waals surface area contributed by atoms with Crippen molar-refractivity contribution < 1.29 is 0 Å². The van der Waals surface area contributed by atoms with Crippen molar-refractivity contribution in [2.24, 2.45) is 0 Å². The number of pyridine rings is 1. The number of imidazole rings is 1. The van der Waals surface area contributed by atoms with Crippen molar-refractivity contribution in [3.8, 4) is 0 Å². The Bertz CT molecular complexity index is 1130. The molecule has 2 aromatic carbocycles. The molecule has 4 rings (SSSR count). The van der Waals surface area contributed by atoms with Crippen LogP contribution < -0.4 is 0 Å². The Labute approximate surface area is 174 Å². The van der Waals surface area contributed by atoms with Crippen LogP contribution >= 0.6 is 23.4 Å². The van der Waals surface area contributed by atoms with Gasteiger partial charge in [0.25, 0.3) is 0 Å². The zero-order chi connectivity index (χ0) is 19.7. The van der Waals surface area contributed by atoms with Crippen LogP contribution in [-0.2, 0) is 12.3 Å². The van der Waals surface area contributed by atoms with Gasteiger partial charge in [0.05, 0.1) is 23.8 Å². The van der Waals surface area contributed by atoms with Gasteiger partial charge in [-0.2, -0.15) is 0 Å². The largest absolute Gasteiger partial charge is 0.313 e. The van der Waals surface area contributed by atoms with Gasteiger partial charge in [0.1, 0.15) is 0 Å². The second-order valence-corrected chi connectivity index (χ2v) is 8.52. The van der Waals surface area contributed by atoms with E-state index in [0.717, 1.165) is 33.5 Å². The van der Waals surface area contributed by atoms with Crippen LogP contribution in [-0.4, -0.2) is 14.5 Å². The molecule has 2 heterocycles. The molecule has 3 nitrogen and oxygen atoms in total. The minimum atomic E-state index is 0.765. The number of fused-ring (bicyclic) bond motifs is 1. The molecule has 4 aromatic rings. The van der Waals surface area contributed by atoms with Gasteiger partial charge in [-0.1, -0.05) is 53.2 Å². The molecular formula is C23H22ClN3S. The summed E-state index contributed by atoms with van der Waals surface area (Å²) in [5.74, 6) is 0.823. The van der Waals surface area contributed by atoms with Gasteiger partial charge in [-0.15, -0.1) is 0 Å². The first-order valence-electron chi connectivity index (χ1n) is 9.25. The van der Waals surface area contributed by atoms with E-state index >= 15 is 0 Å². The van der Waals surface area contributed by atoms with Crippen LogP contribution in [0.4, 0.5) is 0 Å².